The molecule has 1 aromatic rings. The van der Waals surface area contributed by atoms with Gasteiger partial charge >= 0.3 is 0 Å². The topological polar surface area (TPSA) is 68.0 Å². The van der Waals surface area contributed by atoms with Crippen LogP contribution in [0.2, 0.25) is 0 Å². The molecule has 3 N–H and O–H groups in total. The van der Waals surface area contributed by atoms with Crippen molar-refractivity contribution in [3.8, 4) is 5.75 Å². The highest BCUT2D eigenvalue weighted by Crippen LogP contribution is 2.21. The summed E-state index contributed by atoms with van der Waals surface area (Å²) in [5, 5.41) is 9.88. The van der Waals surface area contributed by atoms with E-state index in [1.807, 2.05) is 19.9 Å². The first-order chi connectivity index (χ1) is 9.67. The predicted octanol–water partition coefficient (Wildman–Crippen LogP) is 1.85. The molecule has 1 aromatic carbocycles. The molecular formula is C15H26N2O3. The van der Waals surface area contributed by atoms with Crippen LogP contribution in [0.15, 0.2) is 18.2 Å². The van der Waals surface area contributed by atoms with Crippen LogP contribution in [0, 0.1) is 0 Å². The summed E-state index contributed by atoms with van der Waals surface area (Å²) in [4.78, 5) is 2.19. The minimum atomic E-state index is 0.275. The van der Waals surface area contributed by atoms with Crippen LogP contribution >= 0.6 is 0 Å². The maximum absolute atomic E-state index is 9.88. The van der Waals surface area contributed by atoms with Crippen molar-refractivity contribution >= 4 is 5.69 Å². The standard InChI is InChI=1S/C15H26N2O3/c1-3-19-9-7-17(8-10-20-4-2)12-13-11-14(16)5-6-15(13)18/h5-6,11,18H,3-4,7-10,12,16H2,1-2H3. The van der Waals surface area contributed by atoms with Gasteiger partial charge in [0.25, 0.3) is 0 Å². The summed E-state index contributed by atoms with van der Waals surface area (Å²) in [5.41, 5.74) is 7.26. The molecule has 0 heterocycles. The van der Waals surface area contributed by atoms with Gasteiger partial charge in [0.1, 0.15) is 5.75 Å². The van der Waals surface area contributed by atoms with Gasteiger partial charge in [-0.15, -0.1) is 0 Å². The SMILES string of the molecule is CCOCCN(CCOCC)Cc1cc(N)ccc1O. The molecule has 114 valence electrons. The fraction of sp³-hybridized carbons (Fsp3) is 0.600. The van der Waals surface area contributed by atoms with Crippen molar-refractivity contribution in [1.82, 2.24) is 4.90 Å². The lowest BCUT2D eigenvalue weighted by atomic mass is 10.1. The van der Waals surface area contributed by atoms with Gasteiger partial charge in [-0.05, 0) is 32.0 Å². The Hall–Kier alpha value is -1.30. The summed E-state index contributed by atoms with van der Waals surface area (Å²) in [6, 6.07) is 5.14. The van der Waals surface area contributed by atoms with Crippen LogP contribution in [0.4, 0.5) is 5.69 Å². The van der Waals surface area contributed by atoms with Crippen molar-refractivity contribution in [2.45, 2.75) is 20.4 Å². The van der Waals surface area contributed by atoms with E-state index >= 15 is 0 Å². The Morgan fingerprint density at radius 1 is 1.10 bits per heavy atom. The first kappa shape index (κ1) is 16.8. The van der Waals surface area contributed by atoms with Crippen LogP contribution in [0.1, 0.15) is 19.4 Å². The molecule has 0 radical (unpaired) electrons. The summed E-state index contributed by atoms with van der Waals surface area (Å²) in [7, 11) is 0. The van der Waals surface area contributed by atoms with E-state index in [4.69, 9.17) is 15.2 Å². The first-order valence-electron chi connectivity index (χ1n) is 7.12. The third-order valence-corrected chi connectivity index (χ3v) is 3.01. The Balaban J connectivity index is 2.58. The molecule has 0 bridgehead atoms. The normalized spacial score (nSPS) is 11.2. The number of hydrogen-bond acceptors (Lipinski definition) is 5. The number of benzene rings is 1. The molecule has 0 saturated carbocycles. The van der Waals surface area contributed by atoms with E-state index in [-0.39, 0.29) is 5.75 Å². The highest BCUT2D eigenvalue weighted by Gasteiger charge is 2.09. The minimum absolute atomic E-state index is 0.275. The number of phenolic OH excluding ortho intramolecular Hbond substituents is 1. The van der Waals surface area contributed by atoms with Crippen LogP contribution in [-0.4, -0.2) is 49.5 Å². The fourth-order valence-corrected chi connectivity index (χ4v) is 1.92. The minimum Gasteiger partial charge on any atom is -0.508 e. The molecular weight excluding hydrogens is 256 g/mol. The largest absolute Gasteiger partial charge is 0.508 e. The molecule has 0 fully saturated rings. The van der Waals surface area contributed by atoms with Crippen LogP contribution in [0.5, 0.6) is 5.75 Å². The number of hydrogen-bond donors (Lipinski definition) is 2. The summed E-state index contributed by atoms with van der Waals surface area (Å²) >= 11 is 0. The highest BCUT2D eigenvalue weighted by molar-refractivity contribution is 5.47. The fourth-order valence-electron chi connectivity index (χ4n) is 1.92. The van der Waals surface area contributed by atoms with Gasteiger partial charge in [0.15, 0.2) is 0 Å². The second kappa shape index (κ2) is 9.58. The molecule has 0 aliphatic rings. The molecule has 5 heteroatoms. The first-order valence-corrected chi connectivity index (χ1v) is 7.12. The smallest absolute Gasteiger partial charge is 0.120 e. The maximum Gasteiger partial charge on any atom is 0.120 e. The Kier molecular flexibility index (Phi) is 8.02. The summed E-state index contributed by atoms with van der Waals surface area (Å²) in [6.07, 6.45) is 0. The van der Waals surface area contributed by atoms with Gasteiger partial charge < -0.3 is 20.3 Å². The molecule has 0 saturated heterocycles. The third kappa shape index (κ3) is 6.23. The molecule has 5 nitrogen and oxygen atoms in total. The lowest BCUT2D eigenvalue weighted by Crippen LogP contribution is -2.30. The number of rotatable bonds is 10. The molecule has 0 atom stereocenters. The molecule has 0 aromatic heterocycles. The van der Waals surface area contributed by atoms with E-state index in [0.29, 0.717) is 38.7 Å². The van der Waals surface area contributed by atoms with Crippen LogP contribution in [0.3, 0.4) is 0 Å². The molecule has 0 spiro atoms. The van der Waals surface area contributed by atoms with E-state index in [0.717, 1.165) is 18.7 Å². The van der Waals surface area contributed by atoms with Gasteiger partial charge in [-0.3, -0.25) is 4.90 Å². The highest BCUT2D eigenvalue weighted by atomic mass is 16.5. The molecule has 1 rings (SSSR count). The zero-order valence-corrected chi connectivity index (χ0v) is 12.5. The quantitative estimate of drug-likeness (QED) is 0.389. The van der Waals surface area contributed by atoms with Gasteiger partial charge in [-0.2, -0.15) is 0 Å². The van der Waals surface area contributed by atoms with E-state index in [1.165, 1.54) is 0 Å². The molecule has 0 unspecified atom stereocenters. The molecule has 0 aliphatic heterocycles. The van der Waals surface area contributed by atoms with Crippen molar-refractivity contribution in [1.29, 1.82) is 0 Å². The maximum atomic E-state index is 9.88. The van der Waals surface area contributed by atoms with Gasteiger partial charge in [0.2, 0.25) is 0 Å². The third-order valence-electron chi connectivity index (χ3n) is 3.01. The number of anilines is 1. The molecule has 0 aliphatic carbocycles. The van der Waals surface area contributed by atoms with Gasteiger partial charge in [-0.1, -0.05) is 0 Å². The number of nitrogen functional groups attached to an aromatic ring is 1. The lowest BCUT2D eigenvalue weighted by molar-refractivity contribution is 0.0794. The molecule has 20 heavy (non-hydrogen) atoms. The van der Waals surface area contributed by atoms with Crippen molar-refractivity contribution in [3.05, 3.63) is 23.8 Å². The Bertz CT molecular complexity index is 375. The van der Waals surface area contributed by atoms with E-state index in [1.54, 1.807) is 12.1 Å². The van der Waals surface area contributed by atoms with E-state index < -0.39 is 0 Å². The van der Waals surface area contributed by atoms with Crippen LogP contribution in [0.25, 0.3) is 0 Å². The van der Waals surface area contributed by atoms with E-state index in [9.17, 15) is 5.11 Å². The van der Waals surface area contributed by atoms with Crippen molar-refractivity contribution in [2.75, 3.05) is 45.3 Å². The monoisotopic (exact) mass is 282 g/mol. The second-order valence-corrected chi connectivity index (χ2v) is 4.56. The number of phenols is 1. The second-order valence-electron chi connectivity index (χ2n) is 4.56. The predicted molar refractivity (Wildman–Crippen MR) is 80.8 cm³/mol. The Labute approximate surface area is 121 Å². The van der Waals surface area contributed by atoms with E-state index in [2.05, 4.69) is 4.90 Å². The number of ether oxygens (including phenoxy) is 2. The number of aromatic hydroxyl groups is 1. The molecule has 0 amide bonds. The number of nitrogens with two attached hydrogens (primary N) is 1. The van der Waals surface area contributed by atoms with Gasteiger partial charge in [0, 0.05) is 44.1 Å². The van der Waals surface area contributed by atoms with Crippen molar-refractivity contribution < 1.29 is 14.6 Å². The van der Waals surface area contributed by atoms with Crippen LogP contribution in [-0.2, 0) is 16.0 Å². The van der Waals surface area contributed by atoms with Crippen molar-refractivity contribution in [3.63, 3.8) is 0 Å². The number of nitrogens with zero attached hydrogens (tertiary/aromatic N) is 1. The summed E-state index contributed by atoms with van der Waals surface area (Å²) < 4.78 is 10.8. The average molecular weight is 282 g/mol. The van der Waals surface area contributed by atoms with Crippen LogP contribution < -0.4 is 5.73 Å². The summed E-state index contributed by atoms with van der Waals surface area (Å²) in [6.45, 7) is 8.97. The zero-order chi connectivity index (χ0) is 14.8. The van der Waals surface area contributed by atoms with Gasteiger partial charge in [-0.25, -0.2) is 0 Å². The average Bonchev–Trinajstić information content (AvgIpc) is 2.43. The Morgan fingerprint density at radius 3 is 2.25 bits per heavy atom. The van der Waals surface area contributed by atoms with Gasteiger partial charge in [0.05, 0.1) is 13.2 Å². The zero-order valence-electron chi connectivity index (χ0n) is 12.5. The Morgan fingerprint density at radius 2 is 1.70 bits per heavy atom. The van der Waals surface area contributed by atoms with Crippen molar-refractivity contribution in [2.24, 2.45) is 0 Å². The summed E-state index contributed by atoms with van der Waals surface area (Å²) in [5.74, 6) is 0.275. The lowest BCUT2D eigenvalue weighted by Gasteiger charge is -2.22.